The van der Waals surface area contributed by atoms with Crippen LogP contribution in [0.25, 0.3) is 11.0 Å². The van der Waals surface area contributed by atoms with E-state index in [-0.39, 0.29) is 0 Å². The fourth-order valence-electron chi connectivity index (χ4n) is 2.00. The maximum Gasteiger partial charge on any atom is 0.201 e. The van der Waals surface area contributed by atoms with Gasteiger partial charge < -0.3 is 10.3 Å². The van der Waals surface area contributed by atoms with E-state index < -0.39 is 0 Å². The van der Waals surface area contributed by atoms with E-state index in [0.717, 1.165) is 17.6 Å². The van der Waals surface area contributed by atoms with Crippen LogP contribution in [-0.2, 0) is 6.54 Å². The third-order valence-electron chi connectivity index (χ3n) is 3.03. The molecule has 0 saturated carbocycles. The van der Waals surface area contributed by atoms with Gasteiger partial charge in [-0.2, -0.15) is 11.3 Å². The van der Waals surface area contributed by atoms with E-state index in [1.54, 1.807) is 11.3 Å². The van der Waals surface area contributed by atoms with Gasteiger partial charge in [0.2, 0.25) is 5.95 Å². The lowest BCUT2D eigenvalue weighted by Gasteiger charge is -2.06. The Hall–Kier alpha value is -1.52. The van der Waals surface area contributed by atoms with Crippen molar-refractivity contribution in [1.29, 1.82) is 0 Å². The van der Waals surface area contributed by atoms with Crippen LogP contribution in [0.4, 0.5) is 5.95 Å². The van der Waals surface area contributed by atoms with Crippen molar-refractivity contribution in [3.63, 3.8) is 0 Å². The summed E-state index contributed by atoms with van der Waals surface area (Å²) in [6, 6.07) is 5.63. The molecule has 0 aliphatic carbocycles. The summed E-state index contributed by atoms with van der Waals surface area (Å²) in [6.07, 6.45) is 0. The number of nitrogens with two attached hydrogens (primary N) is 1. The molecule has 0 radical (unpaired) electrons. The molecule has 3 aromatic rings. The fourth-order valence-corrected chi connectivity index (χ4v) is 3.01. The molecule has 2 heterocycles. The Morgan fingerprint density at radius 2 is 2.22 bits per heavy atom. The molecule has 0 atom stereocenters. The minimum absolute atomic E-state index is 0.526. The van der Waals surface area contributed by atoms with E-state index >= 15 is 0 Å². The highest BCUT2D eigenvalue weighted by molar-refractivity contribution is 7.08. The van der Waals surface area contributed by atoms with Crippen LogP contribution >= 0.6 is 22.9 Å². The average Bonchev–Trinajstić information content (AvgIpc) is 2.86. The highest BCUT2D eigenvalue weighted by Gasteiger charge is 2.10. The third-order valence-corrected chi connectivity index (χ3v) is 4.18. The largest absolute Gasteiger partial charge is 0.369 e. The first-order valence-corrected chi connectivity index (χ1v) is 6.90. The van der Waals surface area contributed by atoms with Crippen molar-refractivity contribution in [2.24, 2.45) is 0 Å². The van der Waals surface area contributed by atoms with Gasteiger partial charge in [0.15, 0.2) is 0 Å². The van der Waals surface area contributed by atoms with E-state index in [0.29, 0.717) is 11.0 Å². The number of rotatable bonds is 2. The van der Waals surface area contributed by atoms with Crippen molar-refractivity contribution in [2.75, 3.05) is 5.73 Å². The van der Waals surface area contributed by atoms with E-state index in [1.807, 2.05) is 22.8 Å². The molecular weight excluding hydrogens is 266 g/mol. The monoisotopic (exact) mass is 277 g/mol. The van der Waals surface area contributed by atoms with Crippen molar-refractivity contribution in [2.45, 2.75) is 13.5 Å². The first kappa shape index (κ1) is 11.6. The van der Waals surface area contributed by atoms with Gasteiger partial charge in [-0.25, -0.2) is 4.98 Å². The molecule has 0 saturated heterocycles. The standard InChI is InChI=1S/C13H12ClN3S/c1-8-6-18-7-9(8)5-17-12-4-10(14)2-3-11(12)16-13(17)15/h2-4,6-7H,5H2,1H3,(H2,15,16). The Morgan fingerprint density at radius 3 is 2.94 bits per heavy atom. The summed E-state index contributed by atoms with van der Waals surface area (Å²) in [5, 5.41) is 4.98. The summed E-state index contributed by atoms with van der Waals surface area (Å²) < 4.78 is 2.00. The van der Waals surface area contributed by atoms with Crippen molar-refractivity contribution in [3.8, 4) is 0 Å². The maximum atomic E-state index is 6.03. The number of nitrogen functional groups attached to an aromatic ring is 1. The van der Waals surface area contributed by atoms with Gasteiger partial charge in [0.1, 0.15) is 0 Å². The summed E-state index contributed by atoms with van der Waals surface area (Å²) in [5.41, 5.74) is 10.4. The van der Waals surface area contributed by atoms with Crippen LogP contribution in [-0.4, -0.2) is 9.55 Å². The van der Waals surface area contributed by atoms with Crippen LogP contribution in [0.3, 0.4) is 0 Å². The molecule has 0 fully saturated rings. The Labute approximate surface area is 114 Å². The summed E-state index contributed by atoms with van der Waals surface area (Å²) in [5.74, 6) is 0.526. The molecule has 3 nitrogen and oxygen atoms in total. The van der Waals surface area contributed by atoms with Crippen molar-refractivity contribution in [1.82, 2.24) is 9.55 Å². The number of benzene rings is 1. The Kier molecular flexibility index (Phi) is 2.76. The van der Waals surface area contributed by atoms with Crippen LogP contribution in [0.2, 0.25) is 5.02 Å². The minimum atomic E-state index is 0.526. The number of fused-ring (bicyclic) bond motifs is 1. The molecule has 0 amide bonds. The second kappa shape index (κ2) is 4.30. The number of hydrogen-bond acceptors (Lipinski definition) is 3. The summed E-state index contributed by atoms with van der Waals surface area (Å²) in [7, 11) is 0. The Balaban J connectivity index is 2.13. The minimum Gasteiger partial charge on any atom is -0.369 e. The smallest absolute Gasteiger partial charge is 0.201 e. The Morgan fingerprint density at radius 1 is 1.39 bits per heavy atom. The number of thiophene rings is 1. The second-order valence-electron chi connectivity index (χ2n) is 4.27. The van der Waals surface area contributed by atoms with Gasteiger partial charge >= 0.3 is 0 Å². The van der Waals surface area contributed by atoms with Gasteiger partial charge in [0.25, 0.3) is 0 Å². The molecule has 18 heavy (non-hydrogen) atoms. The first-order valence-electron chi connectivity index (χ1n) is 5.58. The molecule has 3 rings (SSSR count). The lowest BCUT2D eigenvalue weighted by atomic mass is 10.2. The van der Waals surface area contributed by atoms with Crippen molar-refractivity contribution >= 4 is 39.9 Å². The first-order chi connectivity index (χ1) is 8.65. The molecule has 1 aromatic carbocycles. The molecule has 5 heteroatoms. The zero-order chi connectivity index (χ0) is 12.7. The maximum absolute atomic E-state index is 6.03. The normalized spacial score (nSPS) is 11.2. The number of aryl methyl sites for hydroxylation is 1. The third kappa shape index (κ3) is 1.87. The molecule has 0 unspecified atom stereocenters. The van der Waals surface area contributed by atoms with E-state index in [2.05, 4.69) is 22.7 Å². The topological polar surface area (TPSA) is 43.8 Å². The predicted molar refractivity (Wildman–Crippen MR) is 77.3 cm³/mol. The number of nitrogens with zero attached hydrogens (tertiary/aromatic N) is 2. The highest BCUT2D eigenvalue weighted by Crippen LogP contribution is 2.24. The number of halogens is 1. The molecule has 0 bridgehead atoms. The van der Waals surface area contributed by atoms with E-state index in [9.17, 15) is 0 Å². The number of imidazole rings is 1. The highest BCUT2D eigenvalue weighted by atomic mass is 35.5. The number of anilines is 1. The summed E-state index contributed by atoms with van der Waals surface area (Å²) in [4.78, 5) is 4.35. The zero-order valence-electron chi connectivity index (χ0n) is 9.85. The lowest BCUT2D eigenvalue weighted by molar-refractivity contribution is 0.836. The van der Waals surface area contributed by atoms with E-state index in [4.69, 9.17) is 17.3 Å². The average molecular weight is 278 g/mol. The van der Waals surface area contributed by atoms with Gasteiger partial charge in [0, 0.05) is 5.02 Å². The number of aromatic nitrogens is 2. The van der Waals surface area contributed by atoms with Crippen LogP contribution in [0.5, 0.6) is 0 Å². The molecule has 2 N–H and O–H groups in total. The number of hydrogen-bond donors (Lipinski definition) is 1. The molecule has 0 aliphatic heterocycles. The molecule has 92 valence electrons. The summed E-state index contributed by atoms with van der Waals surface area (Å²) in [6.45, 7) is 2.84. The quantitative estimate of drug-likeness (QED) is 0.776. The van der Waals surface area contributed by atoms with Crippen LogP contribution in [0.15, 0.2) is 29.0 Å². The van der Waals surface area contributed by atoms with Crippen LogP contribution in [0.1, 0.15) is 11.1 Å². The fraction of sp³-hybridized carbons (Fsp3) is 0.154. The van der Waals surface area contributed by atoms with E-state index in [1.165, 1.54) is 11.1 Å². The van der Waals surface area contributed by atoms with Gasteiger partial charge in [-0.15, -0.1) is 0 Å². The van der Waals surface area contributed by atoms with Crippen molar-refractivity contribution in [3.05, 3.63) is 45.1 Å². The molecule has 0 aliphatic rings. The Bertz CT molecular complexity index is 714. The second-order valence-corrected chi connectivity index (χ2v) is 5.45. The van der Waals surface area contributed by atoms with Crippen LogP contribution in [0, 0.1) is 6.92 Å². The predicted octanol–water partition coefficient (Wildman–Crippen LogP) is 3.69. The summed E-state index contributed by atoms with van der Waals surface area (Å²) >= 11 is 7.74. The van der Waals surface area contributed by atoms with Crippen molar-refractivity contribution < 1.29 is 0 Å². The molecule has 2 aromatic heterocycles. The molecule has 0 spiro atoms. The van der Waals surface area contributed by atoms with Gasteiger partial charge in [-0.05, 0) is 47.0 Å². The van der Waals surface area contributed by atoms with Gasteiger partial charge in [-0.1, -0.05) is 11.6 Å². The van der Waals surface area contributed by atoms with Gasteiger partial charge in [-0.3, -0.25) is 0 Å². The SMILES string of the molecule is Cc1cscc1Cn1c(N)nc2ccc(Cl)cc21. The molecular formula is C13H12ClN3S. The lowest BCUT2D eigenvalue weighted by Crippen LogP contribution is -2.04. The zero-order valence-corrected chi connectivity index (χ0v) is 11.4. The van der Waals surface area contributed by atoms with Gasteiger partial charge in [0.05, 0.1) is 17.6 Å². The van der Waals surface area contributed by atoms with Crippen LogP contribution < -0.4 is 5.73 Å².